The molecule has 8 nitrogen and oxygen atoms in total. The van der Waals surface area contributed by atoms with Gasteiger partial charge in [-0.25, -0.2) is 18.4 Å². The largest absolute Gasteiger partial charge is 0.454 e. The van der Waals surface area contributed by atoms with Crippen LogP contribution in [0.25, 0.3) is 16.5 Å². The van der Waals surface area contributed by atoms with E-state index in [0.717, 1.165) is 34.0 Å². The van der Waals surface area contributed by atoms with Crippen LogP contribution < -0.4 is 4.74 Å². The van der Waals surface area contributed by atoms with Crippen molar-refractivity contribution in [2.24, 2.45) is 0 Å². The molecule has 0 fully saturated rings. The van der Waals surface area contributed by atoms with Crippen LogP contribution in [0.2, 0.25) is 0 Å². The second kappa shape index (κ2) is 11.3. The number of benzene rings is 2. The van der Waals surface area contributed by atoms with E-state index in [-0.39, 0.29) is 18.7 Å². The highest BCUT2D eigenvalue weighted by molar-refractivity contribution is 9.10. The Kier molecular flexibility index (Phi) is 7.51. The van der Waals surface area contributed by atoms with E-state index in [4.69, 9.17) is 9.47 Å². The predicted octanol–water partition coefficient (Wildman–Crippen LogP) is 8.26. The lowest BCUT2D eigenvalue weighted by molar-refractivity contribution is -0.0276. The van der Waals surface area contributed by atoms with Gasteiger partial charge in [0.05, 0.1) is 12.7 Å². The molecule has 6 bridgehead atoms. The van der Waals surface area contributed by atoms with Crippen molar-refractivity contribution in [1.82, 2.24) is 29.9 Å². The summed E-state index contributed by atoms with van der Waals surface area (Å²) < 4.78 is 47.2. The molecule has 0 amide bonds. The van der Waals surface area contributed by atoms with Gasteiger partial charge in [-0.1, -0.05) is 33.3 Å². The number of hydrogen-bond acceptors (Lipinski definition) is 5. The summed E-state index contributed by atoms with van der Waals surface area (Å²) in [5.41, 5.74) is 1.19. The van der Waals surface area contributed by atoms with Gasteiger partial charge >= 0.3 is 0 Å². The van der Waals surface area contributed by atoms with Crippen LogP contribution >= 0.6 is 15.9 Å². The zero-order valence-corrected chi connectivity index (χ0v) is 27.7. The molecule has 1 aliphatic heterocycles. The van der Waals surface area contributed by atoms with Crippen LogP contribution in [-0.2, 0) is 22.3 Å². The molecule has 2 aromatic carbocycles. The highest BCUT2D eigenvalue weighted by Gasteiger charge is 2.37. The van der Waals surface area contributed by atoms with Crippen LogP contribution in [0.15, 0.2) is 77.4 Å². The number of alkyl halides is 1. The zero-order chi connectivity index (χ0) is 32.3. The van der Waals surface area contributed by atoms with Crippen molar-refractivity contribution in [3.05, 3.63) is 112 Å². The molecule has 0 saturated carbocycles. The van der Waals surface area contributed by atoms with E-state index in [2.05, 4.69) is 60.3 Å². The van der Waals surface area contributed by atoms with Crippen LogP contribution in [0.1, 0.15) is 75.3 Å². The summed E-state index contributed by atoms with van der Waals surface area (Å²) in [6, 6.07) is 11.5. The summed E-state index contributed by atoms with van der Waals surface area (Å²) >= 11 is 3.63. The fourth-order valence-electron chi connectivity index (χ4n) is 6.39. The first-order valence-electron chi connectivity index (χ1n) is 15.4. The third kappa shape index (κ3) is 5.49. The number of ether oxygens (including phenoxy) is 2. The van der Waals surface area contributed by atoms with Gasteiger partial charge in [-0.2, -0.15) is 0 Å². The van der Waals surface area contributed by atoms with Crippen LogP contribution in [0.5, 0.6) is 5.75 Å². The van der Waals surface area contributed by atoms with Gasteiger partial charge in [0.2, 0.25) is 0 Å². The van der Waals surface area contributed by atoms with E-state index in [1.165, 1.54) is 13.0 Å². The number of allylic oxidation sites excluding steroid dienone is 3. The number of aromatic amines is 2. The molecular weight excluding hydrogens is 654 g/mol. The number of imidazole rings is 1. The Morgan fingerprint density at radius 1 is 1.11 bits per heavy atom. The molecule has 2 aliphatic rings. The Bertz CT molecular complexity index is 2000. The minimum absolute atomic E-state index is 0.0370. The van der Waals surface area contributed by atoms with Crippen molar-refractivity contribution in [3.8, 4) is 5.75 Å². The normalized spacial score (nSPS) is 23.4. The van der Waals surface area contributed by atoms with Crippen LogP contribution in [0.3, 0.4) is 0 Å². The van der Waals surface area contributed by atoms with Crippen LogP contribution in [0.4, 0.5) is 8.78 Å². The van der Waals surface area contributed by atoms with Crippen molar-refractivity contribution < 1.29 is 18.3 Å². The fourth-order valence-corrected chi connectivity index (χ4v) is 6.79. The maximum Gasteiger partial charge on any atom is 0.168 e. The van der Waals surface area contributed by atoms with E-state index in [0.29, 0.717) is 40.5 Å². The van der Waals surface area contributed by atoms with Gasteiger partial charge in [0.1, 0.15) is 28.5 Å². The van der Waals surface area contributed by atoms with E-state index in [9.17, 15) is 0 Å². The quantitative estimate of drug-likeness (QED) is 0.185. The molecule has 2 atom stereocenters. The Balaban J connectivity index is 1.37. The summed E-state index contributed by atoms with van der Waals surface area (Å²) in [5, 5.41) is 9.59. The number of H-pyrrole nitrogens is 2. The van der Waals surface area contributed by atoms with E-state index < -0.39 is 22.5 Å². The van der Waals surface area contributed by atoms with E-state index >= 15 is 8.78 Å². The first-order valence-corrected chi connectivity index (χ1v) is 16.2. The smallest absolute Gasteiger partial charge is 0.168 e. The van der Waals surface area contributed by atoms with Crippen molar-refractivity contribution in [2.75, 3.05) is 6.61 Å². The summed E-state index contributed by atoms with van der Waals surface area (Å²) in [4.78, 5) is 11.2. The first kappa shape index (κ1) is 30.6. The average Bonchev–Trinajstić information content (AvgIpc) is 3.79. The standard InChI is InChI=1S/C35H35BrF2N6O2/c1-33(2)30-20-44(43-42-30)19-25-24-10-13-39-28(24)17-27(37)31(25)46-23-9-12-35(4,38)26(16-23)32-40-18-29(41-32)34(3,11-6-14-45-33)21-7-5-8-22(36)15-21/h5,7-10,13,15-18,20,39H,6,11-12,14,19H2,1-4H3,(H,40,41). The SMILES string of the molecule is CC1(F)CC=C2C=C1c1ncc([nH]1)C(C)(c1cccc(Br)c1)CCCOC(C)(C)c1cn(nn1)Cc1c(c(F)cc3[nH]ccc13)O2. The fraction of sp³-hybridized carbons (Fsp3) is 0.343. The molecule has 11 heteroatoms. The maximum atomic E-state index is 16.2. The number of nitrogens with one attached hydrogen (secondary N) is 2. The van der Waals surface area contributed by atoms with Crippen molar-refractivity contribution in [3.63, 3.8) is 0 Å². The van der Waals surface area contributed by atoms with E-state index in [1.807, 2.05) is 38.2 Å². The molecule has 2 N–H and O–H groups in total. The highest BCUT2D eigenvalue weighted by atomic mass is 79.9. The zero-order valence-electron chi connectivity index (χ0n) is 26.1. The van der Waals surface area contributed by atoms with Gasteiger partial charge in [-0.3, -0.25) is 0 Å². The lowest BCUT2D eigenvalue weighted by atomic mass is 9.76. The topological polar surface area (TPSA) is 93.6 Å². The molecule has 0 saturated heterocycles. The predicted molar refractivity (Wildman–Crippen MR) is 176 cm³/mol. The maximum absolute atomic E-state index is 16.2. The minimum atomic E-state index is -1.73. The molecule has 0 spiro atoms. The molecule has 238 valence electrons. The Labute approximate surface area is 274 Å². The molecule has 2 unspecified atom stereocenters. The second-order valence-corrected chi connectivity index (χ2v) is 13.9. The van der Waals surface area contributed by atoms with Gasteiger partial charge in [0.15, 0.2) is 11.6 Å². The number of rotatable bonds is 1. The van der Waals surface area contributed by atoms with Crippen molar-refractivity contribution >= 4 is 32.4 Å². The highest BCUT2D eigenvalue weighted by Crippen LogP contribution is 2.42. The third-order valence-electron chi connectivity index (χ3n) is 9.27. The lowest BCUT2D eigenvalue weighted by Crippen LogP contribution is -2.27. The van der Waals surface area contributed by atoms with E-state index in [1.54, 1.807) is 29.2 Å². The molecular formula is C35H35BrF2N6O2. The number of aromatic nitrogens is 6. The summed E-state index contributed by atoms with van der Waals surface area (Å²) in [6.45, 7) is 8.28. The number of hydrogen-bond donors (Lipinski definition) is 2. The third-order valence-corrected chi connectivity index (χ3v) is 9.76. The van der Waals surface area contributed by atoms with Crippen LogP contribution in [0, 0.1) is 5.82 Å². The number of halogens is 3. The summed E-state index contributed by atoms with van der Waals surface area (Å²) in [5.74, 6) is 0.237. The Morgan fingerprint density at radius 2 is 1.96 bits per heavy atom. The van der Waals surface area contributed by atoms with Gasteiger partial charge in [-0.05, 0) is 76.5 Å². The average molecular weight is 690 g/mol. The first-order chi connectivity index (χ1) is 21.9. The molecule has 5 aromatic rings. The molecule has 4 heterocycles. The van der Waals surface area contributed by atoms with Gasteiger partial charge in [0.25, 0.3) is 0 Å². The lowest BCUT2D eigenvalue weighted by Gasteiger charge is -2.31. The van der Waals surface area contributed by atoms with Gasteiger partial charge < -0.3 is 19.4 Å². The molecule has 7 rings (SSSR count). The summed E-state index contributed by atoms with van der Waals surface area (Å²) in [7, 11) is 0. The Morgan fingerprint density at radius 3 is 2.78 bits per heavy atom. The molecule has 0 radical (unpaired) electrons. The van der Waals surface area contributed by atoms with Gasteiger partial charge in [0, 0.05) is 69.1 Å². The minimum Gasteiger partial charge on any atom is -0.454 e. The van der Waals surface area contributed by atoms with Crippen molar-refractivity contribution in [1.29, 1.82) is 0 Å². The number of fused-ring (bicyclic) bond motifs is 9. The Hall–Kier alpha value is -4.09. The monoisotopic (exact) mass is 688 g/mol. The molecule has 1 aliphatic carbocycles. The van der Waals surface area contributed by atoms with Crippen molar-refractivity contribution in [2.45, 2.75) is 70.2 Å². The van der Waals surface area contributed by atoms with Gasteiger partial charge in [-0.15, -0.1) is 5.10 Å². The molecule has 46 heavy (non-hydrogen) atoms. The number of nitrogens with zero attached hydrogens (tertiary/aromatic N) is 4. The summed E-state index contributed by atoms with van der Waals surface area (Å²) in [6.07, 6.45) is 10.1. The van der Waals surface area contributed by atoms with Crippen LogP contribution in [-0.4, -0.2) is 42.2 Å². The molecule has 3 aromatic heterocycles. The second-order valence-electron chi connectivity index (χ2n) is 13.0.